The Morgan fingerprint density at radius 1 is 0.861 bits per heavy atom. The summed E-state index contributed by atoms with van der Waals surface area (Å²) in [6, 6.07) is 8.28. The third-order valence-corrected chi connectivity index (χ3v) is 7.69. The van der Waals surface area contributed by atoms with Gasteiger partial charge in [-0.2, -0.15) is 0 Å². The zero-order chi connectivity index (χ0) is 26.3. The Labute approximate surface area is 221 Å². The normalized spacial score (nSPS) is 11.2. The molecular weight excluding hydrogens is 471 g/mol. The summed E-state index contributed by atoms with van der Waals surface area (Å²) in [4.78, 5) is 31.1. The second-order valence-electron chi connectivity index (χ2n) is 10.1. The minimum atomic E-state index is -0.293. The predicted molar refractivity (Wildman–Crippen MR) is 148 cm³/mol. The molecule has 1 aromatic carbocycles. The number of hydrogen-bond acceptors (Lipinski definition) is 3. The van der Waals surface area contributed by atoms with Gasteiger partial charge in [0.05, 0.1) is 13.1 Å². The number of halogens is 1. The van der Waals surface area contributed by atoms with E-state index in [0.717, 1.165) is 28.8 Å². The summed E-state index contributed by atoms with van der Waals surface area (Å²) in [5.41, 5.74) is 2.02. The minimum Gasteiger partial charge on any atom is -0.332 e. The van der Waals surface area contributed by atoms with Crippen LogP contribution in [-0.2, 0) is 22.7 Å². The zero-order valence-electron chi connectivity index (χ0n) is 22.7. The van der Waals surface area contributed by atoms with E-state index in [1.165, 1.54) is 57.1 Å². The molecule has 0 N–H and O–H groups in total. The molecule has 36 heavy (non-hydrogen) atoms. The van der Waals surface area contributed by atoms with Gasteiger partial charge >= 0.3 is 0 Å². The van der Waals surface area contributed by atoms with Gasteiger partial charge in [-0.25, -0.2) is 4.39 Å². The molecule has 2 rings (SSSR count). The predicted octanol–water partition coefficient (Wildman–Crippen LogP) is 7.88. The van der Waals surface area contributed by atoms with Gasteiger partial charge in [0.2, 0.25) is 11.8 Å². The van der Waals surface area contributed by atoms with E-state index in [1.54, 1.807) is 33.3 Å². The number of rotatable bonds is 17. The number of nitrogens with zero attached hydrogens (tertiary/aromatic N) is 2. The van der Waals surface area contributed by atoms with E-state index < -0.39 is 0 Å². The van der Waals surface area contributed by atoms with Crippen molar-refractivity contribution < 1.29 is 14.0 Å². The van der Waals surface area contributed by atoms with Crippen molar-refractivity contribution in [3.8, 4) is 0 Å². The number of benzene rings is 1. The Morgan fingerprint density at radius 2 is 1.47 bits per heavy atom. The first-order valence-electron chi connectivity index (χ1n) is 13.7. The third-order valence-electron chi connectivity index (χ3n) is 6.69. The highest BCUT2D eigenvalue weighted by Crippen LogP contribution is 2.20. The highest BCUT2D eigenvalue weighted by atomic mass is 32.1. The van der Waals surface area contributed by atoms with Crippen LogP contribution in [0.4, 0.5) is 4.39 Å². The van der Waals surface area contributed by atoms with E-state index in [2.05, 4.69) is 13.0 Å². The first-order chi connectivity index (χ1) is 17.3. The molecule has 0 saturated carbocycles. The van der Waals surface area contributed by atoms with Crippen molar-refractivity contribution in [3.05, 3.63) is 57.5 Å². The fourth-order valence-corrected chi connectivity index (χ4v) is 5.24. The van der Waals surface area contributed by atoms with Gasteiger partial charge in [0.1, 0.15) is 5.82 Å². The topological polar surface area (TPSA) is 40.6 Å². The number of hydrogen-bond donors (Lipinski definition) is 0. The highest BCUT2D eigenvalue weighted by molar-refractivity contribution is 7.10. The number of carbonyl (C=O) groups is 2. The number of unbranched alkanes of at least 4 members (excludes halogenated alkanes) is 8. The quantitative estimate of drug-likeness (QED) is 0.201. The molecule has 4 nitrogen and oxygen atoms in total. The number of carbonyl (C=O) groups excluding carboxylic acids is 2. The monoisotopic (exact) mass is 516 g/mol. The summed E-state index contributed by atoms with van der Waals surface area (Å²) < 4.78 is 13.4. The molecule has 0 unspecified atom stereocenters. The fraction of sp³-hybridized carbons (Fsp3) is 0.600. The van der Waals surface area contributed by atoms with Gasteiger partial charge in [-0.05, 0) is 61.9 Å². The van der Waals surface area contributed by atoms with E-state index >= 15 is 0 Å². The van der Waals surface area contributed by atoms with Crippen LogP contribution in [0.15, 0.2) is 35.7 Å². The van der Waals surface area contributed by atoms with Gasteiger partial charge in [-0.3, -0.25) is 9.59 Å². The summed E-state index contributed by atoms with van der Waals surface area (Å²) >= 11 is 1.63. The molecule has 0 aliphatic carbocycles. The lowest BCUT2D eigenvalue weighted by Crippen LogP contribution is -2.45. The maximum absolute atomic E-state index is 13.5. The molecule has 0 aliphatic rings. The van der Waals surface area contributed by atoms with Crippen LogP contribution in [0, 0.1) is 12.7 Å². The molecule has 1 aromatic heterocycles. The average Bonchev–Trinajstić information content (AvgIpc) is 3.26. The maximum atomic E-state index is 13.5. The lowest BCUT2D eigenvalue weighted by molar-refractivity contribution is -0.142. The van der Waals surface area contributed by atoms with Crippen LogP contribution in [0.3, 0.4) is 0 Å². The van der Waals surface area contributed by atoms with Crippen LogP contribution in [0.25, 0.3) is 0 Å². The Morgan fingerprint density at radius 3 is 2.03 bits per heavy atom. The van der Waals surface area contributed by atoms with Crippen LogP contribution in [0.1, 0.15) is 101 Å². The lowest BCUT2D eigenvalue weighted by atomic mass is 10.1. The SMILES string of the molecule is CCCCCCCCCCCC(=O)N(CC(=O)N(Cc1ccc(F)cc1)Cc1sccc1C)C(C)C. The summed E-state index contributed by atoms with van der Waals surface area (Å²) in [5, 5.41) is 2.03. The molecule has 200 valence electrons. The minimum absolute atomic E-state index is 0.0452. The largest absolute Gasteiger partial charge is 0.332 e. The van der Waals surface area contributed by atoms with E-state index in [0.29, 0.717) is 19.5 Å². The van der Waals surface area contributed by atoms with Gasteiger partial charge in [0, 0.05) is 23.9 Å². The second kappa shape index (κ2) is 16.5. The van der Waals surface area contributed by atoms with Crippen molar-refractivity contribution in [2.45, 2.75) is 111 Å². The molecule has 0 atom stereocenters. The van der Waals surface area contributed by atoms with Crippen molar-refractivity contribution in [2.75, 3.05) is 6.54 Å². The van der Waals surface area contributed by atoms with E-state index in [-0.39, 0.29) is 30.2 Å². The molecule has 2 aromatic rings. The van der Waals surface area contributed by atoms with Gasteiger partial charge < -0.3 is 9.80 Å². The van der Waals surface area contributed by atoms with Crippen LogP contribution >= 0.6 is 11.3 Å². The van der Waals surface area contributed by atoms with Gasteiger partial charge in [0.15, 0.2) is 0 Å². The molecule has 0 aliphatic heterocycles. The molecule has 0 fully saturated rings. The van der Waals surface area contributed by atoms with E-state index in [1.807, 2.05) is 26.2 Å². The number of aryl methyl sites for hydroxylation is 1. The summed E-state index contributed by atoms with van der Waals surface area (Å²) in [6.45, 7) is 9.15. The maximum Gasteiger partial charge on any atom is 0.242 e. The van der Waals surface area contributed by atoms with Gasteiger partial charge in [-0.15, -0.1) is 11.3 Å². The molecule has 0 bridgehead atoms. The van der Waals surface area contributed by atoms with Gasteiger partial charge in [-0.1, -0.05) is 70.4 Å². The zero-order valence-corrected chi connectivity index (χ0v) is 23.5. The molecule has 0 radical (unpaired) electrons. The van der Waals surface area contributed by atoms with Crippen molar-refractivity contribution in [1.29, 1.82) is 0 Å². The van der Waals surface area contributed by atoms with Crippen molar-refractivity contribution in [3.63, 3.8) is 0 Å². The number of thiophene rings is 1. The second-order valence-corrected chi connectivity index (χ2v) is 11.1. The first-order valence-corrected chi connectivity index (χ1v) is 14.5. The summed E-state index contributed by atoms with van der Waals surface area (Å²) in [7, 11) is 0. The van der Waals surface area contributed by atoms with E-state index in [4.69, 9.17) is 0 Å². The van der Waals surface area contributed by atoms with Crippen LogP contribution in [0.5, 0.6) is 0 Å². The Kier molecular flexibility index (Phi) is 13.8. The van der Waals surface area contributed by atoms with Crippen molar-refractivity contribution in [1.82, 2.24) is 9.80 Å². The summed E-state index contributed by atoms with van der Waals surface area (Å²) in [6.07, 6.45) is 11.4. The average molecular weight is 517 g/mol. The van der Waals surface area contributed by atoms with E-state index in [9.17, 15) is 14.0 Å². The molecule has 1 heterocycles. The van der Waals surface area contributed by atoms with Crippen LogP contribution < -0.4 is 0 Å². The van der Waals surface area contributed by atoms with Crippen LogP contribution in [-0.4, -0.2) is 34.2 Å². The third kappa shape index (κ3) is 10.8. The van der Waals surface area contributed by atoms with Crippen LogP contribution in [0.2, 0.25) is 0 Å². The Balaban J connectivity index is 1.92. The number of amides is 2. The molecular formula is C30H45FN2O2S. The molecule has 6 heteroatoms. The first kappa shape index (κ1) is 30.0. The van der Waals surface area contributed by atoms with Crippen molar-refractivity contribution >= 4 is 23.2 Å². The molecule has 0 spiro atoms. The fourth-order valence-electron chi connectivity index (χ4n) is 4.32. The standard InChI is InChI=1S/C30H45FN2O2S/c1-5-6-7-8-9-10-11-12-13-14-29(34)33(24(2)3)23-30(35)32(22-28-25(4)19-20-36-28)21-26-15-17-27(31)18-16-26/h15-20,24H,5-14,21-23H2,1-4H3. The van der Waals surface area contributed by atoms with Gasteiger partial charge in [0.25, 0.3) is 0 Å². The lowest BCUT2D eigenvalue weighted by Gasteiger charge is -2.30. The van der Waals surface area contributed by atoms with Crippen molar-refractivity contribution in [2.24, 2.45) is 0 Å². The Bertz CT molecular complexity index is 910. The molecule has 2 amide bonds. The Hall–Kier alpha value is -2.21. The smallest absolute Gasteiger partial charge is 0.242 e. The summed E-state index contributed by atoms with van der Waals surface area (Å²) in [5.74, 6) is -0.324. The molecule has 0 saturated heterocycles. The highest BCUT2D eigenvalue weighted by Gasteiger charge is 2.24.